The van der Waals surface area contributed by atoms with Gasteiger partial charge in [-0.15, -0.1) is 0 Å². The molecule has 33 heavy (non-hydrogen) atoms. The number of halogens is 1. The Morgan fingerprint density at radius 3 is 2.06 bits per heavy atom. The van der Waals surface area contributed by atoms with Crippen LogP contribution in [-0.4, -0.2) is 32.6 Å². The Kier molecular flexibility index (Phi) is 8.55. The molecule has 0 aliphatic carbocycles. The van der Waals surface area contributed by atoms with E-state index >= 15 is 0 Å². The molecule has 7 nitrogen and oxygen atoms in total. The first-order valence-electron chi connectivity index (χ1n) is 10.3. The van der Waals surface area contributed by atoms with Crippen LogP contribution in [0.3, 0.4) is 0 Å². The molecule has 0 radical (unpaired) electrons. The standard InChI is InChI=1S/C25H25ClN2O5/c1-31-22-16-21(28-25(30)17-7-4-3-5-8-17)23(32-2)15-20(22)27-24(29)9-6-14-33-19-12-10-18(26)11-13-19/h3-5,7-8,10-13,15-16H,6,9,14H2,1-2H3,(H,27,29)(H,28,30). The highest BCUT2D eigenvalue weighted by Crippen LogP contribution is 2.36. The van der Waals surface area contributed by atoms with Crippen molar-refractivity contribution in [2.24, 2.45) is 0 Å². The van der Waals surface area contributed by atoms with Crippen LogP contribution in [-0.2, 0) is 4.79 Å². The van der Waals surface area contributed by atoms with Gasteiger partial charge in [0, 0.05) is 29.1 Å². The Bertz CT molecular complexity index is 1090. The van der Waals surface area contributed by atoms with E-state index in [9.17, 15) is 9.59 Å². The van der Waals surface area contributed by atoms with E-state index in [0.29, 0.717) is 52.2 Å². The van der Waals surface area contributed by atoms with Crippen LogP contribution in [0.1, 0.15) is 23.2 Å². The normalized spacial score (nSPS) is 10.3. The maximum absolute atomic E-state index is 12.5. The first-order chi connectivity index (χ1) is 16.0. The van der Waals surface area contributed by atoms with Crippen LogP contribution in [0.25, 0.3) is 0 Å². The average Bonchev–Trinajstić information content (AvgIpc) is 2.84. The van der Waals surface area contributed by atoms with Gasteiger partial charge in [-0.1, -0.05) is 29.8 Å². The molecule has 0 unspecified atom stereocenters. The molecule has 0 saturated heterocycles. The largest absolute Gasteiger partial charge is 0.494 e. The van der Waals surface area contributed by atoms with Crippen molar-refractivity contribution in [2.75, 3.05) is 31.5 Å². The SMILES string of the molecule is COc1cc(NC(=O)c2ccccc2)c(OC)cc1NC(=O)CCCOc1ccc(Cl)cc1. The molecule has 0 aliphatic rings. The van der Waals surface area contributed by atoms with E-state index in [0.717, 1.165) is 0 Å². The lowest BCUT2D eigenvalue weighted by molar-refractivity contribution is -0.116. The molecule has 0 atom stereocenters. The summed E-state index contributed by atoms with van der Waals surface area (Å²) in [5.74, 6) is 0.996. The number of amides is 2. The number of carbonyl (C=O) groups excluding carboxylic acids is 2. The van der Waals surface area contributed by atoms with Crippen LogP contribution in [0.15, 0.2) is 66.7 Å². The van der Waals surface area contributed by atoms with E-state index in [-0.39, 0.29) is 18.2 Å². The molecule has 0 saturated carbocycles. The lowest BCUT2D eigenvalue weighted by Crippen LogP contribution is -2.15. The molecule has 0 fully saturated rings. The molecular weight excluding hydrogens is 444 g/mol. The summed E-state index contributed by atoms with van der Waals surface area (Å²) in [4.78, 5) is 24.9. The van der Waals surface area contributed by atoms with Crippen molar-refractivity contribution in [1.29, 1.82) is 0 Å². The highest BCUT2D eigenvalue weighted by atomic mass is 35.5. The fourth-order valence-electron chi connectivity index (χ4n) is 3.04. The van der Waals surface area contributed by atoms with Gasteiger partial charge >= 0.3 is 0 Å². The van der Waals surface area contributed by atoms with Gasteiger partial charge in [-0.2, -0.15) is 0 Å². The maximum Gasteiger partial charge on any atom is 0.255 e. The van der Waals surface area contributed by atoms with Crippen molar-refractivity contribution in [2.45, 2.75) is 12.8 Å². The van der Waals surface area contributed by atoms with Gasteiger partial charge in [0.25, 0.3) is 5.91 Å². The molecule has 8 heteroatoms. The molecular formula is C25H25ClN2O5. The smallest absolute Gasteiger partial charge is 0.255 e. The first-order valence-corrected chi connectivity index (χ1v) is 10.7. The second-order valence-corrected chi connectivity index (χ2v) is 7.46. The fraction of sp³-hybridized carbons (Fsp3) is 0.200. The Hall–Kier alpha value is -3.71. The second-order valence-electron chi connectivity index (χ2n) is 7.03. The fourth-order valence-corrected chi connectivity index (χ4v) is 3.17. The summed E-state index contributed by atoms with van der Waals surface area (Å²) in [6.07, 6.45) is 0.782. The molecule has 0 spiro atoms. The molecule has 3 aromatic carbocycles. The van der Waals surface area contributed by atoms with Gasteiger partial charge in [-0.05, 0) is 42.8 Å². The molecule has 0 aliphatic heterocycles. The van der Waals surface area contributed by atoms with Crippen LogP contribution in [0.2, 0.25) is 5.02 Å². The summed E-state index contributed by atoms with van der Waals surface area (Å²) in [5.41, 5.74) is 1.38. The van der Waals surface area contributed by atoms with Crippen molar-refractivity contribution in [3.63, 3.8) is 0 Å². The van der Waals surface area contributed by atoms with Gasteiger partial charge in [0.2, 0.25) is 5.91 Å². The highest BCUT2D eigenvalue weighted by Gasteiger charge is 2.16. The predicted molar refractivity (Wildman–Crippen MR) is 129 cm³/mol. The van der Waals surface area contributed by atoms with Crippen molar-refractivity contribution >= 4 is 34.8 Å². The Labute approximate surface area is 197 Å². The van der Waals surface area contributed by atoms with Gasteiger partial charge in [0.15, 0.2) is 0 Å². The molecule has 172 valence electrons. The second kappa shape index (κ2) is 11.8. The Morgan fingerprint density at radius 2 is 1.45 bits per heavy atom. The minimum absolute atomic E-state index is 0.198. The monoisotopic (exact) mass is 468 g/mol. The third kappa shape index (κ3) is 6.89. The quantitative estimate of drug-likeness (QED) is 0.389. The molecule has 2 N–H and O–H groups in total. The minimum atomic E-state index is -0.284. The van der Waals surface area contributed by atoms with Crippen LogP contribution in [0.5, 0.6) is 17.2 Å². The van der Waals surface area contributed by atoms with Gasteiger partial charge in [-0.25, -0.2) is 0 Å². The summed E-state index contributed by atoms with van der Waals surface area (Å²) in [6, 6.07) is 19.1. The molecule has 0 aromatic heterocycles. The van der Waals surface area contributed by atoms with Crippen molar-refractivity contribution in [3.8, 4) is 17.2 Å². The van der Waals surface area contributed by atoms with Gasteiger partial charge in [-0.3, -0.25) is 9.59 Å². The number of hydrogen-bond donors (Lipinski definition) is 2. The van der Waals surface area contributed by atoms with Gasteiger partial charge < -0.3 is 24.8 Å². The zero-order valence-corrected chi connectivity index (χ0v) is 19.1. The summed E-state index contributed by atoms with van der Waals surface area (Å²) in [5, 5.41) is 6.27. The number of benzene rings is 3. The Morgan fingerprint density at radius 1 is 0.848 bits per heavy atom. The van der Waals surface area contributed by atoms with Crippen molar-refractivity contribution in [1.82, 2.24) is 0 Å². The summed E-state index contributed by atoms with van der Waals surface area (Å²) in [7, 11) is 2.97. The number of nitrogens with one attached hydrogen (secondary N) is 2. The predicted octanol–water partition coefficient (Wildman–Crippen LogP) is 5.41. The van der Waals surface area contributed by atoms with Crippen LogP contribution < -0.4 is 24.8 Å². The third-order valence-corrected chi connectivity index (χ3v) is 4.96. The number of methoxy groups -OCH3 is 2. The topological polar surface area (TPSA) is 85.9 Å². The van der Waals surface area contributed by atoms with E-state index in [1.165, 1.54) is 14.2 Å². The van der Waals surface area contributed by atoms with Crippen LogP contribution >= 0.6 is 11.6 Å². The van der Waals surface area contributed by atoms with Gasteiger partial charge in [0.05, 0.1) is 32.2 Å². The van der Waals surface area contributed by atoms with Gasteiger partial charge in [0.1, 0.15) is 17.2 Å². The molecule has 2 amide bonds. The average molecular weight is 469 g/mol. The molecule has 3 aromatic rings. The first kappa shape index (κ1) is 23.9. The molecule has 3 rings (SSSR count). The van der Waals surface area contributed by atoms with E-state index in [2.05, 4.69) is 10.6 Å². The van der Waals surface area contributed by atoms with Crippen LogP contribution in [0, 0.1) is 0 Å². The lowest BCUT2D eigenvalue weighted by atomic mass is 10.2. The van der Waals surface area contributed by atoms with E-state index in [1.54, 1.807) is 60.7 Å². The number of hydrogen-bond acceptors (Lipinski definition) is 5. The van der Waals surface area contributed by atoms with Crippen LogP contribution in [0.4, 0.5) is 11.4 Å². The number of carbonyl (C=O) groups is 2. The van der Waals surface area contributed by atoms with E-state index in [4.69, 9.17) is 25.8 Å². The third-order valence-electron chi connectivity index (χ3n) is 4.71. The zero-order valence-electron chi connectivity index (χ0n) is 18.4. The summed E-state index contributed by atoms with van der Waals surface area (Å²) < 4.78 is 16.4. The maximum atomic E-state index is 12.5. The number of anilines is 2. The lowest BCUT2D eigenvalue weighted by Gasteiger charge is -2.16. The van der Waals surface area contributed by atoms with Crippen molar-refractivity contribution in [3.05, 3.63) is 77.3 Å². The van der Waals surface area contributed by atoms with E-state index < -0.39 is 0 Å². The minimum Gasteiger partial charge on any atom is -0.494 e. The molecule has 0 bridgehead atoms. The van der Waals surface area contributed by atoms with E-state index in [1.807, 2.05) is 6.07 Å². The summed E-state index contributed by atoms with van der Waals surface area (Å²) in [6.45, 7) is 0.389. The number of rotatable bonds is 10. The zero-order chi connectivity index (χ0) is 23.6. The number of ether oxygens (including phenoxy) is 3. The molecule has 0 heterocycles. The Balaban J connectivity index is 1.60. The summed E-state index contributed by atoms with van der Waals surface area (Å²) >= 11 is 5.85. The highest BCUT2D eigenvalue weighted by molar-refractivity contribution is 6.30. The van der Waals surface area contributed by atoms with Crippen molar-refractivity contribution < 1.29 is 23.8 Å².